The van der Waals surface area contributed by atoms with Gasteiger partial charge in [0.25, 0.3) is 5.91 Å². The Labute approximate surface area is 197 Å². The Morgan fingerprint density at radius 1 is 0.848 bits per heavy atom. The summed E-state index contributed by atoms with van der Waals surface area (Å²) in [5.41, 5.74) is 3.30. The Bertz CT molecular complexity index is 958. The number of nitrogens with one attached hydrogen (secondary N) is 1. The van der Waals surface area contributed by atoms with Gasteiger partial charge in [-0.2, -0.15) is 0 Å². The summed E-state index contributed by atoms with van der Waals surface area (Å²) in [5, 5.41) is 3.10. The van der Waals surface area contributed by atoms with Gasteiger partial charge in [-0.15, -0.1) is 0 Å². The lowest BCUT2D eigenvalue weighted by molar-refractivity contribution is -0.123. The molecule has 5 nitrogen and oxygen atoms in total. The van der Waals surface area contributed by atoms with Crippen molar-refractivity contribution in [1.82, 2.24) is 15.1 Å². The molecule has 0 aromatic heterocycles. The number of carbonyl (C=O) groups excluding carboxylic acids is 2. The Morgan fingerprint density at radius 2 is 1.55 bits per heavy atom. The van der Waals surface area contributed by atoms with E-state index in [-0.39, 0.29) is 23.1 Å². The van der Waals surface area contributed by atoms with Gasteiger partial charge in [0.1, 0.15) is 0 Å². The van der Waals surface area contributed by atoms with E-state index >= 15 is 0 Å². The van der Waals surface area contributed by atoms with E-state index in [1.165, 1.54) is 37.9 Å². The molecule has 1 aliphatic carbocycles. The molecule has 1 atom stereocenters. The van der Waals surface area contributed by atoms with Crippen LogP contribution >= 0.6 is 0 Å². The first-order valence-electron chi connectivity index (χ1n) is 12.6. The summed E-state index contributed by atoms with van der Waals surface area (Å²) in [4.78, 5) is 30.2. The molecule has 33 heavy (non-hydrogen) atoms. The van der Waals surface area contributed by atoms with Crippen molar-refractivity contribution < 1.29 is 9.59 Å². The second-order valence-corrected chi connectivity index (χ2v) is 10.1. The summed E-state index contributed by atoms with van der Waals surface area (Å²) in [6.07, 6.45) is 6.75. The van der Waals surface area contributed by atoms with Gasteiger partial charge in [-0.3, -0.25) is 14.5 Å². The quantitative estimate of drug-likeness (QED) is 0.724. The number of piperidine rings is 2. The van der Waals surface area contributed by atoms with Gasteiger partial charge in [0, 0.05) is 37.7 Å². The maximum Gasteiger partial charge on any atom is 0.253 e. The third kappa shape index (κ3) is 5.14. The van der Waals surface area contributed by atoms with Crippen molar-refractivity contribution in [2.45, 2.75) is 51.6 Å². The van der Waals surface area contributed by atoms with E-state index in [1.54, 1.807) is 0 Å². The van der Waals surface area contributed by atoms with Crippen LogP contribution in [0.3, 0.4) is 0 Å². The van der Waals surface area contributed by atoms with E-state index in [9.17, 15) is 9.59 Å². The second-order valence-electron chi connectivity index (χ2n) is 10.1. The maximum atomic E-state index is 13.0. The van der Waals surface area contributed by atoms with Crippen molar-refractivity contribution in [2.24, 2.45) is 11.3 Å². The fourth-order valence-corrected chi connectivity index (χ4v) is 5.65. The number of rotatable bonds is 6. The highest BCUT2D eigenvalue weighted by Crippen LogP contribution is 2.59. The van der Waals surface area contributed by atoms with Crippen molar-refractivity contribution in [3.05, 3.63) is 71.3 Å². The molecule has 3 fully saturated rings. The molecule has 0 radical (unpaired) electrons. The van der Waals surface area contributed by atoms with Gasteiger partial charge >= 0.3 is 0 Å². The molecule has 1 unspecified atom stereocenters. The van der Waals surface area contributed by atoms with Crippen LogP contribution < -0.4 is 5.32 Å². The number of likely N-dealkylation sites (tertiary alicyclic amines) is 2. The highest BCUT2D eigenvalue weighted by atomic mass is 16.2. The monoisotopic (exact) mass is 445 g/mol. The van der Waals surface area contributed by atoms with Gasteiger partial charge in [0.2, 0.25) is 5.91 Å². The molecule has 3 aliphatic rings. The number of hydrogen-bond acceptors (Lipinski definition) is 3. The van der Waals surface area contributed by atoms with E-state index in [0.29, 0.717) is 6.54 Å². The molecule has 5 heteroatoms. The highest BCUT2D eigenvalue weighted by molar-refractivity contribution is 5.94. The molecule has 174 valence electrons. The van der Waals surface area contributed by atoms with Crippen molar-refractivity contribution in [3.8, 4) is 0 Å². The van der Waals surface area contributed by atoms with E-state index in [4.69, 9.17) is 0 Å². The van der Waals surface area contributed by atoms with Gasteiger partial charge in [0.15, 0.2) is 0 Å². The van der Waals surface area contributed by atoms with Crippen LogP contribution in [0.2, 0.25) is 0 Å². The normalized spacial score (nSPS) is 22.2. The molecule has 2 aliphatic heterocycles. The van der Waals surface area contributed by atoms with Crippen molar-refractivity contribution in [3.63, 3.8) is 0 Å². The van der Waals surface area contributed by atoms with Crippen molar-refractivity contribution in [1.29, 1.82) is 0 Å². The third-order valence-electron chi connectivity index (χ3n) is 7.92. The van der Waals surface area contributed by atoms with Gasteiger partial charge in [-0.25, -0.2) is 0 Å². The lowest BCUT2D eigenvalue weighted by Crippen LogP contribution is -2.40. The Morgan fingerprint density at radius 3 is 2.24 bits per heavy atom. The number of benzene rings is 2. The van der Waals surface area contributed by atoms with Crippen LogP contribution in [0, 0.1) is 11.3 Å². The molecule has 1 N–H and O–H groups in total. The second kappa shape index (κ2) is 9.68. The zero-order chi connectivity index (χ0) is 22.7. The zero-order valence-corrected chi connectivity index (χ0v) is 19.5. The van der Waals surface area contributed by atoms with Crippen LogP contribution in [-0.2, 0) is 17.9 Å². The summed E-state index contributed by atoms with van der Waals surface area (Å²) < 4.78 is 0. The van der Waals surface area contributed by atoms with E-state index in [1.807, 2.05) is 47.4 Å². The summed E-state index contributed by atoms with van der Waals surface area (Å²) in [6.45, 7) is 5.43. The Kier molecular flexibility index (Phi) is 6.50. The van der Waals surface area contributed by atoms with Gasteiger partial charge in [0.05, 0.1) is 0 Å². The van der Waals surface area contributed by atoms with Crippen LogP contribution in [0.5, 0.6) is 0 Å². The lowest BCUT2D eigenvalue weighted by Gasteiger charge is -2.33. The third-order valence-corrected chi connectivity index (χ3v) is 7.92. The van der Waals surface area contributed by atoms with Gasteiger partial charge in [-0.05, 0) is 73.9 Å². The van der Waals surface area contributed by atoms with Crippen molar-refractivity contribution in [2.75, 3.05) is 26.2 Å². The smallest absolute Gasteiger partial charge is 0.253 e. The summed E-state index contributed by atoms with van der Waals surface area (Å²) in [7, 11) is 0. The minimum Gasteiger partial charge on any atom is -0.352 e. The molecular weight excluding hydrogens is 410 g/mol. The molecule has 2 amide bonds. The van der Waals surface area contributed by atoms with E-state index in [2.05, 4.69) is 22.3 Å². The summed E-state index contributed by atoms with van der Waals surface area (Å²) in [5.74, 6) is 0.399. The Hall–Kier alpha value is -2.66. The van der Waals surface area contributed by atoms with Crippen LogP contribution in [0.25, 0.3) is 0 Å². The summed E-state index contributed by atoms with van der Waals surface area (Å²) in [6, 6.07) is 18.2. The number of amides is 2. The molecule has 2 aromatic carbocycles. The van der Waals surface area contributed by atoms with Gasteiger partial charge < -0.3 is 10.2 Å². The van der Waals surface area contributed by atoms with E-state index < -0.39 is 0 Å². The minimum atomic E-state index is 0.104. The fourth-order valence-electron chi connectivity index (χ4n) is 5.65. The van der Waals surface area contributed by atoms with Crippen molar-refractivity contribution >= 4 is 11.8 Å². The first kappa shape index (κ1) is 22.1. The average Bonchev–Trinajstić information content (AvgIpc) is 3.57. The molecule has 1 spiro atoms. The number of hydrogen-bond donors (Lipinski definition) is 1. The number of carbonyl (C=O) groups is 2. The average molecular weight is 446 g/mol. The largest absolute Gasteiger partial charge is 0.352 e. The standard InChI is InChI=1S/C28H35N3O2/c32-26(29-20-22-7-3-1-4-8-22)25-19-28(25)13-17-31(18-14-28)27(33)24-11-9-23(10-12-24)21-30-15-5-2-6-16-30/h1,3-4,7-12,25H,2,5-6,13-21H2,(H,29,32). The zero-order valence-electron chi connectivity index (χ0n) is 19.5. The molecule has 1 saturated carbocycles. The van der Waals surface area contributed by atoms with Crippen LogP contribution in [0.1, 0.15) is 60.0 Å². The topological polar surface area (TPSA) is 52.7 Å². The molecule has 2 aromatic rings. The van der Waals surface area contributed by atoms with Gasteiger partial charge in [-0.1, -0.05) is 48.9 Å². The minimum absolute atomic E-state index is 0.104. The Balaban J connectivity index is 1.09. The highest BCUT2D eigenvalue weighted by Gasteiger charge is 2.58. The lowest BCUT2D eigenvalue weighted by atomic mass is 9.90. The molecule has 2 saturated heterocycles. The first-order valence-corrected chi connectivity index (χ1v) is 12.6. The molecule has 2 heterocycles. The van der Waals surface area contributed by atoms with E-state index in [0.717, 1.165) is 50.0 Å². The number of nitrogens with zero attached hydrogens (tertiary/aromatic N) is 2. The van der Waals surface area contributed by atoms with Crippen LogP contribution in [0.4, 0.5) is 0 Å². The molecular formula is C28H35N3O2. The predicted molar refractivity (Wildman–Crippen MR) is 130 cm³/mol. The predicted octanol–water partition coefficient (Wildman–Crippen LogP) is 4.23. The fraction of sp³-hybridized carbons (Fsp3) is 0.500. The van der Waals surface area contributed by atoms with Crippen LogP contribution in [-0.4, -0.2) is 47.8 Å². The maximum absolute atomic E-state index is 13.0. The molecule has 5 rings (SSSR count). The van der Waals surface area contributed by atoms with Crippen LogP contribution in [0.15, 0.2) is 54.6 Å². The summed E-state index contributed by atoms with van der Waals surface area (Å²) >= 11 is 0. The first-order chi connectivity index (χ1) is 16.1. The molecule has 0 bridgehead atoms. The SMILES string of the molecule is O=C(NCc1ccccc1)C1CC12CCN(C(=O)c1ccc(CN3CCCCC3)cc1)CC2.